The normalized spacial score (nSPS) is 15.5. The van der Waals surface area contributed by atoms with Crippen molar-refractivity contribution in [1.29, 1.82) is 0 Å². The second-order valence-corrected chi connectivity index (χ2v) is 9.21. The molecular weight excluding hydrogens is 428 g/mol. The number of hydrogen-bond acceptors (Lipinski definition) is 6. The lowest BCUT2D eigenvalue weighted by atomic mass is 10.0. The molecule has 1 aliphatic heterocycles. The molecule has 0 aliphatic carbocycles. The van der Waals surface area contributed by atoms with Crippen LogP contribution in [0.3, 0.4) is 0 Å². The molecular formula is C26H32N6O2. The van der Waals surface area contributed by atoms with Gasteiger partial charge in [-0.2, -0.15) is 0 Å². The van der Waals surface area contributed by atoms with Crippen molar-refractivity contribution in [3.05, 3.63) is 65.5 Å². The lowest BCUT2D eigenvalue weighted by molar-refractivity contribution is -0.136. The standard InChI is InChI=1S/C26H32N6O2/c1-17(2)23(30-25(33)19-8-6-7-18(3)15-19)26(34)32-13-11-31(12-14-32)16-22-28-21-10-5-4-9-20(21)24(27)29-22/h4-10,15,17,23H,11-14,16H2,1-3H3,(H,30,33)(H2,27,28,29). The largest absolute Gasteiger partial charge is 0.383 e. The fourth-order valence-corrected chi connectivity index (χ4v) is 4.27. The second-order valence-electron chi connectivity index (χ2n) is 9.21. The van der Waals surface area contributed by atoms with Gasteiger partial charge in [0.15, 0.2) is 0 Å². The molecule has 2 heterocycles. The summed E-state index contributed by atoms with van der Waals surface area (Å²) in [6.07, 6.45) is 0. The van der Waals surface area contributed by atoms with Gasteiger partial charge in [-0.05, 0) is 37.1 Å². The van der Waals surface area contributed by atoms with Gasteiger partial charge in [-0.3, -0.25) is 14.5 Å². The van der Waals surface area contributed by atoms with Crippen molar-refractivity contribution in [3.8, 4) is 0 Å². The zero-order valence-electron chi connectivity index (χ0n) is 20.0. The van der Waals surface area contributed by atoms with E-state index in [0.29, 0.717) is 49.9 Å². The number of amides is 2. The summed E-state index contributed by atoms with van der Waals surface area (Å²) in [4.78, 5) is 39.2. The average Bonchev–Trinajstić information content (AvgIpc) is 2.82. The van der Waals surface area contributed by atoms with E-state index in [4.69, 9.17) is 5.73 Å². The molecule has 0 radical (unpaired) electrons. The van der Waals surface area contributed by atoms with Gasteiger partial charge in [-0.25, -0.2) is 9.97 Å². The molecule has 8 heteroatoms. The van der Waals surface area contributed by atoms with Crippen LogP contribution in [0.5, 0.6) is 0 Å². The van der Waals surface area contributed by atoms with Crippen LogP contribution < -0.4 is 11.1 Å². The molecule has 8 nitrogen and oxygen atoms in total. The Kier molecular flexibility index (Phi) is 7.07. The molecule has 0 spiro atoms. The van der Waals surface area contributed by atoms with E-state index in [1.807, 2.05) is 68.1 Å². The molecule has 4 rings (SSSR count). The Labute approximate surface area is 200 Å². The molecule has 3 N–H and O–H groups in total. The number of fused-ring (bicyclic) bond motifs is 1. The van der Waals surface area contributed by atoms with Crippen LogP contribution >= 0.6 is 0 Å². The van der Waals surface area contributed by atoms with Crippen LogP contribution in [-0.2, 0) is 11.3 Å². The number of benzene rings is 2. The number of aromatic nitrogens is 2. The van der Waals surface area contributed by atoms with Gasteiger partial charge in [0.25, 0.3) is 5.91 Å². The summed E-state index contributed by atoms with van der Waals surface area (Å²) in [5.74, 6) is 0.885. The van der Waals surface area contributed by atoms with Gasteiger partial charge < -0.3 is 16.0 Å². The van der Waals surface area contributed by atoms with E-state index < -0.39 is 6.04 Å². The maximum Gasteiger partial charge on any atom is 0.251 e. The summed E-state index contributed by atoms with van der Waals surface area (Å²) < 4.78 is 0. The van der Waals surface area contributed by atoms with Gasteiger partial charge in [0.1, 0.15) is 17.7 Å². The van der Waals surface area contributed by atoms with E-state index >= 15 is 0 Å². The quantitative estimate of drug-likeness (QED) is 0.586. The highest BCUT2D eigenvalue weighted by Gasteiger charge is 2.31. The zero-order chi connectivity index (χ0) is 24.2. The van der Waals surface area contributed by atoms with Crippen molar-refractivity contribution in [2.45, 2.75) is 33.4 Å². The monoisotopic (exact) mass is 460 g/mol. The topological polar surface area (TPSA) is 104 Å². The number of piperazine rings is 1. The van der Waals surface area contributed by atoms with Crippen molar-refractivity contribution in [2.24, 2.45) is 5.92 Å². The molecule has 1 aliphatic rings. The minimum absolute atomic E-state index is 0.0201. The highest BCUT2D eigenvalue weighted by Crippen LogP contribution is 2.18. The molecule has 3 aromatic rings. The van der Waals surface area contributed by atoms with Crippen LogP contribution in [0.4, 0.5) is 5.82 Å². The van der Waals surface area contributed by atoms with Gasteiger partial charge in [-0.15, -0.1) is 0 Å². The van der Waals surface area contributed by atoms with Crippen molar-refractivity contribution in [1.82, 2.24) is 25.1 Å². The lowest BCUT2D eigenvalue weighted by Gasteiger charge is -2.37. The van der Waals surface area contributed by atoms with Gasteiger partial charge >= 0.3 is 0 Å². The highest BCUT2D eigenvalue weighted by atomic mass is 16.2. The number of carbonyl (C=O) groups is 2. The van der Waals surface area contributed by atoms with Gasteiger partial charge in [-0.1, -0.05) is 43.7 Å². The fourth-order valence-electron chi connectivity index (χ4n) is 4.27. The molecule has 1 aromatic heterocycles. The molecule has 178 valence electrons. The van der Waals surface area contributed by atoms with Crippen molar-refractivity contribution < 1.29 is 9.59 Å². The Hall–Kier alpha value is -3.52. The Morgan fingerprint density at radius 3 is 2.47 bits per heavy atom. The molecule has 1 atom stereocenters. The zero-order valence-corrected chi connectivity index (χ0v) is 20.0. The van der Waals surface area contributed by atoms with Crippen LogP contribution in [-0.4, -0.2) is 63.8 Å². The molecule has 1 saturated heterocycles. The summed E-state index contributed by atoms with van der Waals surface area (Å²) in [6, 6.07) is 14.5. The number of rotatable bonds is 6. The first kappa shape index (κ1) is 23.6. The van der Waals surface area contributed by atoms with Crippen molar-refractivity contribution in [3.63, 3.8) is 0 Å². The van der Waals surface area contributed by atoms with Crippen LogP contribution in [0, 0.1) is 12.8 Å². The van der Waals surface area contributed by atoms with E-state index in [-0.39, 0.29) is 17.7 Å². The number of nitrogens with one attached hydrogen (secondary N) is 1. The molecule has 1 fully saturated rings. The van der Waals surface area contributed by atoms with Gasteiger partial charge in [0.05, 0.1) is 12.1 Å². The first-order valence-electron chi connectivity index (χ1n) is 11.7. The smallest absolute Gasteiger partial charge is 0.251 e. The molecule has 0 saturated carbocycles. The Morgan fingerprint density at radius 1 is 1.03 bits per heavy atom. The minimum atomic E-state index is -0.566. The molecule has 0 bridgehead atoms. The van der Waals surface area contributed by atoms with Crippen LogP contribution in [0.15, 0.2) is 48.5 Å². The molecule has 2 amide bonds. The Bertz CT molecular complexity index is 1190. The van der Waals surface area contributed by atoms with Gasteiger partial charge in [0.2, 0.25) is 5.91 Å². The number of nitrogens with two attached hydrogens (primary N) is 1. The predicted molar refractivity (Wildman–Crippen MR) is 133 cm³/mol. The van der Waals surface area contributed by atoms with E-state index in [1.54, 1.807) is 6.07 Å². The number of carbonyl (C=O) groups excluding carboxylic acids is 2. The first-order chi connectivity index (χ1) is 16.3. The van der Waals surface area contributed by atoms with E-state index in [0.717, 1.165) is 16.5 Å². The van der Waals surface area contributed by atoms with Crippen molar-refractivity contribution in [2.75, 3.05) is 31.9 Å². The Balaban J connectivity index is 1.36. The van der Waals surface area contributed by atoms with E-state index in [1.165, 1.54) is 0 Å². The number of nitrogens with zero attached hydrogens (tertiary/aromatic N) is 4. The maximum atomic E-state index is 13.3. The molecule has 34 heavy (non-hydrogen) atoms. The number of aryl methyl sites for hydroxylation is 1. The molecule has 1 unspecified atom stereocenters. The maximum absolute atomic E-state index is 13.3. The fraction of sp³-hybridized carbons (Fsp3) is 0.385. The van der Waals surface area contributed by atoms with Crippen LogP contribution in [0.1, 0.15) is 35.6 Å². The lowest BCUT2D eigenvalue weighted by Crippen LogP contribution is -2.56. The van der Waals surface area contributed by atoms with Gasteiger partial charge in [0, 0.05) is 37.1 Å². The summed E-state index contributed by atoms with van der Waals surface area (Å²) in [5.41, 5.74) is 8.53. The number of para-hydroxylation sites is 1. The summed E-state index contributed by atoms with van der Waals surface area (Å²) in [7, 11) is 0. The number of hydrogen-bond donors (Lipinski definition) is 2. The number of nitrogen functional groups attached to an aromatic ring is 1. The minimum Gasteiger partial charge on any atom is -0.383 e. The average molecular weight is 461 g/mol. The summed E-state index contributed by atoms with van der Waals surface area (Å²) >= 11 is 0. The third-order valence-electron chi connectivity index (χ3n) is 6.23. The SMILES string of the molecule is Cc1cccc(C(=O)NC(C(=O)N2CCN(Cc3nc(N)c4ccccc4n3)CC2)C(C)C)c1. The summed E-state index contributed by atoms with van der Waals surface area (Å²) in [5, 5.41) is 3.81. The van der Waals surface area contributed by atoms with E-state index in [2.05, 4.69) is 20.2 Å². The highest BCUT2D eigenvalue weighted by molar-refractivity contribution is 5.97. The number of anilines is 1. The van der Waals surface area contributed by atoms with Crippen molar-refractivity contribution >= 4 is 28.5 Å². The predicted octanol–water partition coefficient (Wildman–Crippen LogP) is 2.62. The third-order valence-corrected chi connectivity index (χ3v) is 6.23. The third kappa shape index (κ3) is 5.34. The summed E-state index contributed by atoms with van der Waals surface area (Å²) in [6.45, 7) is 9.02. The molecule has 2 aromatic carbocycles. The van der Waals surface area contributed by atoms with E-state index in [9.17, 15) is 9.59 Å². The second kappa shape index (κ2) is 10.2. The van der Waals surface area contributed by atoms with Crippen LogP contribution in [0.2, 0.25) is 0 Å². The Morgan fingerprint density at radius 2 is 1.76 bits per heavy atom. The first-order valence-corrected chi connectivity index (χ1v) is 11.7. The van der Waals surface area contributed by atoms with Crippen LogP contribution in [0.25, 0.3) is 10.9 Å².